The fraction of sp³-hybridized carbons (Fsp3) is 0.389. The molecule has 1 unspecified atom stereocenters. The van der Waals surface area contributed by atoms with Crippen LogP contribution < -0.4 is 0 Å². The summed E-state index contributed by atoms with van der Waals surface area (Å²) in [6.07, 6.45) is 2.13. The molecule has 0 amide bonds. The smallest absolute Gasteiger partial charge is 0.315 e. The highest BCUT2D eigenvalue weighted by Gasteiger charge is 2.42. The van der Waals surface area contributed by atoms with Gasteiger partial charge in [0, 0.05) is 33.8 Å². The van der Waals surface area contributed by atoms with Gasteiger partial charge in [-0.2, -0.15) is 0 Å². The van der Waals surface area contributed by atoms with Gasteiger partial charge in [0.2, 0.25) is 0 Å². The molecule has 0 fully saturated rings. The zero-order valence-corrected chi connectivity index (χ0v) is 14.7. The van der Waals surface area contributed by atoms with Crippen LogP contribution in [0.5, 0.6) is 0 Å². The van der Waals surface area contributed by atoms with Gasteiger partial charge in [-0.3, -0.25) is 14.6 Å². The van der Waals surface area contributed by atoms with E-state index in [0.717, 1.165) is 34.3 Å². The van der Waals surface area contributed by atoms with Gasteiger partial charge >= 0.3 is 5.97 Å². The molecule has 1 aromatic carbocycles. The second kappa shape index (κ2) is 6.40. The van der Waals surface area contributed by atoms with Gasteiger partial charge in [-0.25, -0.2) is 0 Å². The van der Waals surface area contributed by atoms with Crippen molar-refractivity contribution >= 4 is 33.4 Å². The lowest BCUT2D eigenvalue weighted by Crippen LogP contribution is -2.36. The molecule has 0 radical (unpaired) electrons. The number of nitrogens with zero attached hydrogens (tertiary/aromatic N) is 1. The van der Waals surface area contributed by atoms with Crippen LogP contribution in [-0.4, -0.2) is 24.6 Å². The molecule has 1 aliphatic carbocycles. The summed E-state index contributed by atoms with van der Waals surface area (Å²) >= 11 is 3.47. The Balaban J connectivity index is 2.19. The van der Waals surface area contributed by atoms with Crippen LogP contribution in [0.1, 0.15) is 37.7 Å². The van der Waals surface area contributed by atoms with Crippen LogP contribution in [0.15, 0.2) is 45.0 Å². The van der Waals surface area contributed by atoms with Gasteiger partial charge in [-0.1, -0.05) is 28.1 Å². The summed E-state index contributed by atoms with van der Waals surface area (Å²) in [4.78, 5) is 29.5. The molecule has 120 valence electrons. The van der Waals surface area contributed by atoms with E-state index in [9.17, 15) is 9.59 Å². The highest BCUT2D eigenvalue weighted by Crippen LogP contribution is 2.43. The van der Waals surface area contributed by atoms with Crippen LogP contribution in [0, 0.1) is 5.92 Å². The number of rotatable bonds is 2. The Bertz CT molecular complexity index is 736. The summed E-state index contributed by atoms with van der Waals surface area (Å²) in [6, 6.07) is 7.77. The number of hydrogen-bond acceptors (Lipinski definition) is 4. The molecular formula is C18H18BrNO3. The quantitative estimate of drug-likeness (QED) is 0.738. The lowest BCUT2D eigenvalue weighted by atomic mass is 9.72. The zero-order chi connectivity index (χ0) is 16.6. The Morgan fingerprint density at radius 1 is 1.35 bits per heavy atom. The summed E-state index contributed by atoms with van der Waals surface area (Å²) in [5.74, 6) is -1.11. The van der Waals surface area contributed by atoms with Crippen molar-refractivity contribution in [2.75, 3.05) is 7.11 Å². The summed E-state index contributed by atoms with van der Waals surface area (Å²) < 4.78 is 5.91. The van der Waals surface area contributed by atoms with E-state index in [-0.39, 0.29) is 17.7 Å². The maximum atomic E-state index is 12.6. The average molecular weight is 376 g/mol. The van der Waals surface area contributed by atoms with Crippen molar-refractivity contribution in [3.05, 3.63) is 45.6 Å². The summed E-state index contributed by atoms with van der Waals surface area (Å²) in [5.41, 5.74) is 3.18. The second-order valence-electron chi connectivity index (χ2n) is 5.92. The first-order valence-corrected chi connectivity index (χ1v) is 8.47. The summed E-state index contributed by atoms with van der Waals surface area (Å²) in [6.45, 7) is 1.84. The Morgan fingerprint density at radius 2 is 2.13 bits per heavy atom. The molecule has 0 aromatic heterocycles. The van der Waals surface area contributed by atoms with Gasteiger partial charge in [0.15, 0.2) is 5.78 Å². The standard InChI is InChI=1S/C18H18BrNO3/c1-10-15(18(22)23-2)16(11-5-3-6-12(19)9-11)17-13(20-10)7-4-8-14(17)21/h3,5-6,9,15-16H,4,7-8H2,1-2H3/t15?,16-/m0/s1. The number of hydrogen-bond donors (Lipinski definition) is 0. The molecule has 0 N–H and O–H groups in total. The number of allylic oxidation sites excluding steroid dienone is 2. The third-order valence-electron chi connectivity index (χ3n) is 4.50. The fourth-order valence-electron chi connectivity index (χ4n) is 3.50. The highest BCUT2D eigenvalue weighted by atomic mass is 79.9. The Kier molecular flexibility index (Phi) is 4.48. The number of Topliss-reactive ketones (excluding diaryl/α,β-unsaturated/α-hetero) is 1. The van der Waals surface area contributed by atoms with E-state index in [4.69, 9.17) is 4.74 Å². The van der Waals surface area contributed by atoms with Crippen LogP contribution in [0.25, 0.3) is 0 Å². The predicted octanol–water partition coefficient (Wildman–Crippen LogP) is 3.80. The van der Waals surface area contributed by atoms with Crippen molar-refractivity contribution in [3.8, 4) is 0 Å². The Labute approximate surface area is 143 Å². The number of aliphatic imine (C=N–C) groups is 1. The minimum Gasteiger partial charge on any atom is -0.468 e. The Hall–Kier alpha value is -1.75. The van der Waals surface area contributed by atoms with E-state index in [1.165, 1.54) is 7.11 Å². The third kappa shape index (κ3) is 2.90. The van der Waals surface area contributed by atoms with Crippen molar-refractivity contribution < 1.29 is 14.3 Å². The highest BCUT2D eigenvalue weighted by molar-refractivity contribution is 9.10. The molecule has 3 rings (SSSR count). The van der Waals surface area contributed by atoms with Gasteiger partial charge in [-0.15, -0.1) is 0 Å². The van der Waals surface area contributed by atoms with Crippen LogP contribution in [0.2, 0.25) is 0 Å². The number of methoxy groups -OCH3 is 1. The molecule has 1 heterocycles. The third-order valence-corrected chi connectivity index (χ3v) is 4.99. The monoisotopic (exact) mass is 375 g/mol. The van der Waals surface area contributed by atoms with E-state index < -0.39 is 5.92 Å². The molecule has 0 bridgehead atoms. The molecule has 4 nitrogen and oxygen atoms in total. The zero-order valence-electron chi connectivity index (χ0n) is 13.1. The summed E-state index contributed by atoms with van der Waals surface area (Å²) in [5, 5.41) is 0. The van der Waals surface area contributed by atoms with Gasteiger partial charge in [-0.05, 0) is 37.5 Å². The number of esters is 1. The number of carbonyl (C=O) groups is 2. The van der Waals surface area contributed by atoms with Crippen LogP contribution in [0.4, 0.5) is 0 Å². The van der Waals surface area contributed by atoms with E-state index in [1.807, 2.05) is 31.2 Å². The largest absolute Gasteiger partial charge is 0.468 e. The van der Waals surface area contributed by atoms with Crippen molar-refractivity contribution in [2.24, 2.45) is 10.9 Å². The van der Waals surface area contributed by atoms with Crippen molar-refractivity contribution in [3.63, 3.8) is 0 Å². The minimum absolute atomic E-state index is 0.0985. The molecular weight excluding hydrogens is 358 g/mol. The topological polar surface area (TPSA) is 55.7 Å². The number of ketones is 1. The molecule has 2 aliphatic rings. The number of ether oxygens (including phenoxy) is 1. The predicted molar refractivity (Wildman–Crippen MR) is 91.4 cm³/mol. The first-order valence-electron chi connectivity index (χ1n) is 7.67. The van der Waals surface area contributed by atoms with Crippen molar-refractivity contribution in [1.82, 2.24) is 0 Å². The van der Waals surface area contributed by atoms with Crippen molar-refractivity contribution in [2.45, 2.75) is 32.1 Å². The summed E-state index contributed by atoms with van der Waals surface area (Å²) in [7, 11) is 1.38. The first-order chi connectivity index (χ1) is 11.0. The van der Waals surface area contributed by atoms with Crippen LogP contribution in [-0.2, 0) is 14.3 Å². The fourth-order valence-corrected chi connectivity index (χ4v) is 3.92. The average Bonchev–Trinajstić information content (AvgIpc) is 2.53. The van der Waals surface area contributed by atoms with E-state index >= 15 is 0 Å². The second-order valence-corrected chi connectivity index (χ2v) is 6.84. The molecule has 0 saturated heterocycles. The lowest BCUT2D eigenvalue weighted by Gasteiger charge is -2.34. The maximum Gasteiger partial charge on any atom is 0.315 e. The molecule has 1 aliphatic heterocycles. The van der Waals surface area contributed by atoms with E-state index in [2.05, 4.69) is 20.9 Å². The molecule has 23 heavy (non-hydrogen) atoms. The Morgan fingerprint density at radius 3 is 2.83 bits per heavy atom. The molecule has 1 aromatic rings. The molecule has 0 spiro atoms. The van der Waals surface area contributed by atoms with Gasteiger partial charge in [0.05, 0.1) is 7.11 Å². The van der Waals surface area contributed by atoms with Gasteiger partial charge in [0.1, 0.15) is 5.92 Å². The molecule has 2 atom stereocenters. The number of benzene rings is 1. The SMILES string of the molecule is COC(=O)C1C(C)=NC2=C(C(=O)CCC2)[C@H]1c1cccc(Br)c1. The molecule has 0 saturated carbocycles. The lowest BCUT2D eigenvalue weighted by molar-refractivity contribution is -0.143. The van der Waals surface area contributed by atoms with Crippen LogP contribution >= 0.6 is 15.9 Å². The normalized spacial score (nSPS) is 24.1. The minimum atomic E-state index is -0.546. The molecule has 5 heteroatoms. The van der Waals surface area contributed by atoms with Gasteiger partial charge in [0.25, 0.3) is 0 Å². The van der Waals surface area contributed by atoms with Gasteiger partial charge < -0.3 is 4.74 Å². The van der Waals surface area contributed by atoms with E-state index in [0.29, 0.717) is 12.0 Å². The number of carbonyl (C=O) groups excluding carboxylic acids is 2. The van der Waals surface area contributed by atoms with E-state index in [1.54, 1.807) is 0 Å². The first kappa shape index (κ1) is 16.1. The number of halogens is 1. The maximum absolute atomic E-state index is 12.6. The van der Waals surface area contributed by atoms with Crippen molar-refractivity contribution in [1.29, 1.82) is 0 Å². The van der Waals surface area contributed by atoms with Crippen LogP contribution in [0.3, 0.4) is 0 Å².